The molecule has 0 unspecified atom stereocenters. The molecule has 0 saturated carbocycles. The van der Waals surface area contributed by atoms with Crippen molar-refractivity contribution in [3.8, 4) is 5.75 Å². The Bertz CT molecular complexity index is 737. The number of phenolic OH excluding ortho intramolecular Hbond substituents is 1. The van der Waals surface area contributed by atoms with E-state index in [-0.39, 0.29) is 30.7 Å². The number of aldehydes is 1. The minimum atomic E-state index is -0.865. The molecule has 1 heterocycles. The monoisotopic (exact) mass is 404 g/mol. The summed E-state index contributed by atoms with van der Waals surface area (Å²) in [4.78, 5) is 49.6. The minimum absolute atomic E-state index is 0.114. The number of nitrogens with one attached hydrogen (secondary N) is 3. The molecule has 1 fully saturated rings. The van der Waals surface area contributed by atoms with Crippen LogP contribution >= 0.6 is 0 Å². The number of nitrogens with zero attached hydrogens (tertiary/aromatic N) is 1. The van der Waals surface area contributed by atoms with Crippen molar-refractivity contribution in [3.05, 3.63) is 29.8 Å². The summed E-state index contributed by atoms with van der Waals surface area (Å²) in [6.45, 7) is 2.14. The van der Waals surface area contributed by atoms with E-state index in [1.807, 2.05) is 11.9 Å². The Labute approximate surface area is 169 Å². The van der Waals surface area contributed by atoms with Crippen LogP contribution in [-0.2, 0) is 25.6 Å². The van der Waals surface area contributed by atoms with Crippen LogP contribution < -0.4 is 16.0 Å². The lowest BCUT2D eigenvalue weighted by atomic mass is 10.1. The highest BCUT2D eigenvalue weighted by Gasteiger charge is 2.28. The van der Waals surface area contributed by atoms with Crippen LogP contribution in [0.5, 0.6) is 5.75 Å². The molecule has 0 aliphatic carbocycles. The van der Waals surface area contributed by atoms with Gasteiger partial charge < -0.3 is 25.9 Å². The van der Waals surface area contributed by atoms with Crippen LogP contribution in [0.15, 0.2) is 24.3 Å². The molecule has 158 valence electrons. The topological polar surface area (TPSA) is 128 Å². The number of aromatic hydroxyl groups is 1. The second-order valence-corrected chi connectivity index (χ2v) is 7.27. The third-order valence-electron chi connectivity index (χ3n) is 4.90. The Morgan fingerprint density at radius 1 is 1.24 bits per heavy atom. The van der Waals surface area contributed by atoms with Gasteiger partial charge in [-0.05, 0) is 57.5 Å². The fourth-order valence-electron chi connectivity index (χ4n) is 3.21. The molecule has 1 saturated heterocycles. The number of likely N-dealkylation sites (N-methyl/N-ethyl adjacent to an activating group) is 1. The lowest BCUT2D eigenvalue weighted by Crippen LogP contribution is -2.51. The molecule has 1 aromatic rings. The SMILES string of the molecule is C[C@H](NC(=O)CNC(=O)[C@@H]1CCCN1C)C(=O)N[C@H](C=O)Cc1ccc(O)cc1. The van der Waals surface area contributed by atoms with Crippen LogP contribution in [0.25, 0.3) is 0 Å². The zero-order valence-corrected chi connectivity index (χ0v) is 16.7. The van der Waals surface area contributed by atoms with Gasteiger partial charge in [-0.25, -0.2) is 0 Å². The van der Waals surface area contributed by atoms with Crippen molar-refractivity contribution in [1.82, 2.24) is 20.9 Å². The largest absolute Gasteiger partial charge is 0.508 e. The van der Waals surface area contributed by atoms with E-state index in [0.29, 0.717) is 6.29 Å². The summed E-state index contributed by atoms with van der Waals surface area (Å²) in [5.74, 6) is -1.07. The van der Waals surface area contributed by atoms with Crippen LogP contribution in [0.3, 0.4) is 0 Å². The van der Waals surface area contributed by atoms with Crippen molar-refractivity contribution in [1.29, 1.82) is 0 Å². The molecule has 1 aliphatic heterocycles. The smallest absolute Gasteiger partial charge is 0.242 e. The molecule has 0 spiro atoms. The van der Waals surface area contributed by atoms with Crippen LogP contribution in [0.1, 0.15) is 25.3 Å². The van der Waals surface area contributed by atoms with E-state index in [9.17, 15) is 24.3 Å². The first kappa shape index (κ1) is 22.4. The molecule has 9 nitrogen and oxygen atoms in total. The number of hydrogen-bond acceptors (Lipinski definition) is 6. The maximum Gasteiger partial charge on any atom is 0.242 e. The third-order valence-corrected chi connectivity index (χ3v) is 4.90. The van der Waals surface area contributed by atoms with E-state index in [0.717, 1.165) is 24.9 Å². The summed E-state index contributed by atoms with van der Waals surface area (Å²) < 4.78 is 0. The summed E-state index contributed by atoms with van der Waals surface area (Å²) in [6.07, 6.45) is 2.59. The van der Waals surface area contributed by atoms with Gasteiger partial charge in [0.2, 0.25) is 17.7 Å². The minimum Gasteiger partial charge on any atom is -0.508 e. The van der Waals surface area contributed by atoms with Crippen molar-refractivity contribution in [2.75, 3.05) is 20.1 Å². The van der Waals surface area contributed by atoms with E-state index in [4.69, 9.17) is 0 Å². The van der Waals surface area contributed by atoms with Gasteiger partial charge in [0.25, 0.3) is 0 Å². The molecule has 1 aromatic carbocycles. The third kappa shape index (κ3) is 6.86. The van der Waals surface area contributed by atoms with Gasteiger partial charge in [0, 0.05) is 0 Å². The summed E-state index contributed by atoms with van der Waals surface area (Å²) in [5, 5.41) is 17.0. The predicted octanol–water partition coefficient (Wildman–Crippen LogP) is -0.666. The molecule has 3 amide bonds. The molecular formula is C20H28N4O5. The fourth-order valence-corrected chi connectivity index (χ4v) is 3.21. The first-order valence-corrected chi connectivity index (χ1v) is 9.61. The highest BCUT2D eigenvalue weighted by molar-refractivity contribution is 5.91. The number of phenols is 1. The zero-order valence-electron chi connectivity index (χ0n) is 16.7. The highest BCUT2D eigenvalue weighted by atomic mass is 16.3. The second-order valence-electron chi connectivity index (χ2n) is 7.27. The van der Waals surface area contributed by atoms with Crippen LogP contribution in [-0.4, -0.2) is 72.3 Å². The Morgan fingerprint density at radius 3 is 2.52 bits per heavy atom. The molecule has 1 aliphatic rings. The standard InChI is InChI=1S/C20H28N4O5/c1-13(22-18(27)11-21-20(29)17-4-3-9-24(17)2)19(28)23-15(12-25)10-14-5-7-16(26)8-6-14/h5-8,12-13,15,17,26H,3-4,9-11H2,1-2H3,(H,21,29)(H,22,27)(H,23,28)/t13-,15-,17-/m0/s1. The number of carbonyl (C=O) groups is 4. The van der Waals surface area contributed by atoms with Gasteiger partial charge in [0.05, 0.1) is 18.6 Å². The van der Waals surface area contributed by atoms with Crippen LogP contribution in [0.2, 0.25) is 0 Å². The van der Waals surface area contributed by atoms with Crippen LogP contribution in [0, 0.1) is 0 Å². The van der Waals surface area contributed by atoms with Crippen molar-refractivity contribution >= 4 is 24.0 Å². The van der Waals surface area contributed by atoms with Gasteiger partial charge >= 0.3 is 0 Å². The van der Waals surface area contributed by atoms with E-state index < -0.39 is 23.9 Å². The van der Waals surface area contributed by atoms with Gasteiger partial charge in [-0.2, -0.15) is 0 Å². The maximum absolute atomic E-state index is 12.3. The molecule has 2 rings (SSSR count). The van der Waals surface area contributed by atoms with Crippen LogP contribution in [0.4, 0.5) is 0 Å². The van der Waals surface area contributed by atoms with Crippen molar-refractivity contribution in [2.24, 2.45) is 0 Å². The van der Waals surface area contributed by atoms with Gasteiger partial charge in [-0.3, -0.25) is 19.3 Å². The lowest BCUT2D eigenvalue weighted by molar-refractivity contribution is -0.131. The Kier molecular flexibility index (Phi) is 8.14. The van der Waals surface area contributed by atoms with E-state index in [1.54, 1.807) is 12.1 Å². The molecule has 4 N–H and O–H groups in total. The summed E-state index contributed by atoms with van der Waals surface area (Å²) in [6, 6.07) is 4.47. The van der Waals surface area contributed by atoms with Gasteiger partial charge in [-0.1, -0.05) is 12.1 Å². The zero-order chi connectivity index (χ0) is 21.4. The molecule has 0 bridgehead atoms. The number of rotatable bonds is 9. The number of benzene rings is 1. The predicted molar refractivity (Wildman–Crippen MR) is 106 cm³/mol. The average molecular weight is 404 g/mol. The number of amides is 3. The van der Waals surface area contributed by atoms with Gasteiger partial charge in [-0.15, -0.1) is 0 Å². The summed E-state index contributed by atoms with van der Waals surface area (Å²) >= 11 is 0. The molecular weight excluding hydrogens is 376 g/mol. The maximum atomic E-state index is 12.3. The molecule has 9 heteroatoms. The summed E-state index contributed by atoms with van der Waals surface area (Å²) in [7, 11) is 1.87. The number of hydrogen-bond donors (Lipinski definition) is 4. The van der Waals surface area contributed by atoms with Crippen molar-refractivity contribution in [3.63, 3.8) is 0 Å². The van der Waals surface area contributed by atoms with E-state index >= 15 is 0 Å². The molecule has 3 atom stereocenters. The molecule has 0 radical (unpaired) electrons. The van der Waals surface area contributed by atoms with E-state index in [2.05, 4.69) is 16.0 Å². The summed E-state index contributed by atoms with van der Waals surface area (Å²) in [5.41, 5.74) is 0.775. The molecule has 0 aromatic heterocycles. The Morgan fingerprint density at radius 2 is 1.93 bits per heavy atom. The van der Waals surface area contributed by atoms with Gasteiger partial charge in [0.15, 0.2) is 0 Å². The quantitative estimate of drug-likeness (QED) is 0.405. The average Bonchev–Trinajstić information content (AvgIpc) is 3.13. The van der Waals surface area contributed by atoms with Crippen molar-refractivity contribution < 1.29 is 24.3 Å². The first-order valence-electron chi connectivity index (χ1n) is 9.61. The number of carbonyl (C=O) groups excluding carboxylic acids is 4. The second kappa shape index (κ2) is 10.6. The fraction of sp³-hybridized carbons (Fsp3) is 0.500. The Hall–Kier alpha value is -2.94. The normalized spacial score (nSPS) is 18.5. The highest BCUT2D eigenvalue weighted by Crippen LogP contribution is 2.14. The van der Waals surface area contributed by atoms with Gasteiger partial charge in [0.1, 0.15) is 18.1 Å². The molecule has 29 heavy (non-hydrogen) atoms. The van der Waals surface area contributed by atoms with Crippen molar-refractivity contribution in [2.45, 2.75) is 44.3 Å². The number of likely N-dealkylation sites (tertiary alicyclic amines) is 1. The first-order chi connectivity index (χ1) is 13.8. The lowest BCUT2D eigenvalue weighted by Gasteiger charge is -2.20. The van der Waals surface area contributed by atoms with E-state index in [1.165, 1.54) is 19.1 Å². The Balaban J connectivity index is 1.76.